The van der Waals surface area contributed by atoms with Gasteiger partial charge in [0.15, 0.2) is 11.5 Å². The fourth-order valence-electron chi connectivity index (χ4n) is 7.18. The summed E-state index contributed by atoms with van der Waals surface area (Å²) in [5.74, 6) is -1.45. The van der Waals surface area contributed by atoms with Crippen LogP contribution in [0.1, 0.15) is 38.5 Å². The molecule has 9 rings (SSSR count). The summed E-state index contributed by atoms with van der Waals surface area (Å²) < 4.78 is 10.8. The number of fused-ring (bicyclic) bond motifs is 1. The number of ether oxygens (including phenoxy) is 2. The Kier molecular flexibility index (Phi) is 4.97. The first-order valence-corrected chi connectivity index (χ1v) is 13.5. The van der Waals surface area contributed by atoms with Crippen molar-refractivity contribution >= 4 is 29.6 Å². The molecule has 8 heteroatoms. The van der Waals surface area contributed by atoms with E-state index in [1.165, 1.54) is 4.90 Å². The third-order valence-electron chi connectivity index (χ3n) is 8.77. The second-order valence-corrected chi connectivity index (χ2v) is 10.6. The molecule has 1 fully saturated rings. The SMILES string of the molecule is O=C(N/N=C/C12c3ccccc3C(c3ccccc31)[C@H]1C(=O)N(c3ccccc3)C(=O)[C@H]12)c1ccc2c(c1)OCO2. The van der Waals surface area contributed by atoms with Crippen LogP contribution in [0.5, 0.6) is 11.5 Å². The highest BCUT2D eigenvalue weighted by atomic mass is 16.7. The van der Waals surface area contributed by atoms with E-state index in [1.54, 1.807) is 36.5 Å². The lowest BCUT2D eigenvalue weighted by molar-refractivity contribution is -0.122. The number of para-hydroxylation sites is 1. The van der Waals surface area contributed by atoms with E-state index in [4.69, 9.17) is 9.47 Å². The monoisotopic (exact) mass is 541 g/mol. The van der Waals surface area contributed by atoms with E-state index in [0.717, 1.165) is 22.3 Å². The van der Waals surface area contributed by atoms with E-state index >= 15 is 0 Å². The minimum atomic E-state index is -1.06. The predicted octanol–water partition coefficient (Wildman–Crippen LogP) is 4.38. The predicted molar refractivity (Wildman–Crippen MR) is 150 cm³/mol. The van der Waals surface area contributed by atoms with E-state index in [0.29, 0.717) is 22.7 Å². The van der Waals surface area contributed by atoms with Gasteiger partial charge in [0.1, 0.15) is 0 Å². The van der Waals surface area contributed by atoms with Gasteiger partial charge in [-0.05, 0) is 52.6 Å². The summed E-state index contributed by atoms with van der Waals surface area (Å²) in [6.07, 6.45) is 1.66. The number of hydrogen-bond acceptors (Lipinski definition) is 6. The molecule has 2 atom stereocenters. The van der Waals surface area contributed by atoms with Gasteiger partial charge in [-0.15, -0.1) is 0 Å². The highest BCUT2D eigenvalue weighted by Gasteiger charge is 2.68. The van der Waals surface area contributed by atoms with Gasteiger partial charge in [0.05, 0.1) is 22.9 Å². The van der Waals surface area contributed by atoms with Crippen LogP contribution in [0, 0.1) is 11.8 Å². The molecule has 0 aromatic heterocycles. The van der Waals surface area contributed by atoms with Crippen LogP contribution in [-0.2, 0) is 15.0 Å². The lowest BCUT2D eigenvalue weighted by atomic mass is 9.47. The molecule has 41 heavy (non-hydrogen) atoms. The molecule has 0 unspecified atom stereocenters. The minimum Gasteiger partial charge on any atom is -0.454 e. The van der Waals surface area contributed by atoms with Crippen molar-refractivity contribution in [2.75, 3.05) is 11.7 Å². The van der Waals surface area contributed by atoms with Gasteiger partial charge in [0.2, 0.25) is 18.6 Å². The van der Waals surface area contributed by atoms with E-state index in [9.17, 15) is 14.4 Å². The second-order valence-electron chi connectivity index (χ2n) is 10.6. The van der Waals surface area contributed by atoms with Crippen LogP contribution in [0.25, 0.3) is 0 Å². The Balaban J connectivity index is 1.27. The molecule has 4 aromatic rings. The van der Waals surface area contributed by atoms with Crippen LogP contribution in [0.4, 0.5) is 5.69 Å². The molecule has 0 spiro atoms. The molecule has 1 saturated heterocycles. The van der Waals surface area contributed by atoms with Crippen molar-refractivity contribution in [1.82, 2.24) is 5.43 Å². The molecule has 8 nitrogen and oxygen atoms in total. The number of carbonyl (C=O) groups is 3. The number of carbonyl (C=O) groups excluding carboxylic acids is 3. The third kappa shape index (κ3) is 3.15. The first-order valence-electron chi connectivity index (χ1n) is 13.5. The van der Waals surface area contributed by atoms with Gasteiger partial charge in [-0.3, -0.25) is 14.4 Å². The Labute approximate surface area is 235 Å². The van der Waals surface area contributed by atoms with Gasteiger partial charge >= 0.3 is 0 Å². The standard InChI is InChI=1S/C33H23N3O5/c37-30(19-14-15-25-26(16-19)41-18-40-25)35-34-17-33-23-12-6-4-10-21(23)27(22-11-5-7-13-24(22)33)28-29(33)32(39)36(31(28)38)20-8-2-1-3-9-20/h1-17,27-29H,18H2,(H,35,37)/b34-17+/t27?,28-,29+,33?/m1/s1. The van der Waals surface area contributed by atoms with Crippen LogP contribution in [0.15, 0.2) is 102 Å². The summed E-state index contributed by atoms with van der Waals surface area (Å²) in [7, 11) is 0. The highest BCUT2D eigenvalue weighted by Crippen LogP contribution is 2.63. The number of benzene rings is 4. The highest BCUT2D eigenvalue weighted by molar-refractivity contribution is 6.25. The summed E-state index contributed by atoms with van der Waals surface area (Å²) in [6, 6.07) is 29.8. The Morgan fingerprint density at radius 3 is 2.22 bits per heavy atom. The van der Waals surface area contributed by atoms with E-state index in [1.807, 2.05) is 66.7 Å². The van der Waals surface area contributed by atoms with Gasteiger partial charge in [0, 0.05) is 17.7 Å². The first-order chi connectivity index (χ1) is 20.1. The van der Waals surface area contributed by atoms with E-state index < -0.39 is 23.2 Å². The van der Waals surface area contributed by atoms with E-state index in [2.05, 4.69) is 10.5 Å². The zero-order valence-corrected chi connectivity index (χ0v) is 21.7. The van der Waals surface area contributed by atoms with Gasteiger partial charge in [0.25, 0.3) is 5.91 Å². The topological polar surface area (TPSA) is 97.3 Å². The number of hydrogen-bond donors (Lipinski definition) is 1. The molecule has 2 bridgehead atoms. The van der Waals surface area contributed by atoms with Crippen LogP contribution >= 0.6 is 0 Å². The van der Waals surface area contributed by atoms with E-state index in [-0.39, 0.29) is 24.5 Å². The number of nitrogens with one attached hydrogen (secondary N) is 1. The third-order valence-corrected chi connectivity index (χ3v) is 8.77. The summed E-state index contributed by atoms with van der Waals surface area (Å²) >= 11 is 0. The quantitative estimate of drug-likeness (QED) is 0.235. The maximum atomic E-state index is 14.3. The largest absolute Gasteiger partial charge is 0.454 e. The molecule has 5 aliphatic rings. The van der Waals surface area contributed by atoms with Crippen LogP contribution in [-0.4, -0.2) is 30.7 Å². The van der Waals surface area contributed by atoms with Crippen molar-refractivity contribution in [3.8, 4) is 11.5 Å². The lowest BCUT2D eigenvalue weighted by Gasteiger charge is -2.52. The number of nitrogens with zero attached hydrogens (tertiary/aromatic N) is 2. The number of amides is 3. The van der Waals surface area contributed by atoms with Gasteiger partial charge in [-0.25, -0.2) is 10.3 Å². The summed E-state index contributed by atoms with van der Waals surface area (Å²) in [5, 5.41) is 4.47. The molecule has 2 aliphatic heterocycles. The Bertz CT molecular complexity index is 1750. The molecule has 0 radical (unpaired) electrons. The Morgan fingerprint density at radius 1 is 0.829 bits per heavy atom. The number of rotatable bonds is 4. The van der Waals surface area contributed by atoms with Gasteiger partial charge in [-0.1, -0.05) is 66.7 Å². The molecule has 200 valence electrons. The van der Waals surface area contributed by atoms with Crippen molar-refractivity contribution in [3.05, 3.63) is 125 Å². The molecule has 3 aliphatic carbocycles. The lowest BCUT2D eigenvalue weighted by Crippen LogP contribution is -2.54. The van der Waals surface area contributed by atoms with Crippen molar-refractivity contribution in [2.45, 2.75) is 11.3 Å². The number of hydrazone groups is 1. The summed E-state index contributed by atoms with van der Waals surface area (Å²) in [4.78, 5) is 42.9. The smallest absolute Gasteiger partial charge is 0.271 e. The normalized spacial score (nSPS) is 24.8. The maximum Gasteiger partial charge on any atom is 0.271 e. The van der Waals surface area contributed by atoms with Gasteiger partial charge in [-0.2, -0.15) is 5.10 Å². The first kappa shape index (κ1) is 23.6. The second kappa shape index (κ2) is 8.63. The zero-order valence-electron chi connectivity index (χ0n) is 21.7. The number of imide groups is 1. The Morgan fingerprint density at radius 2 is 1.49 bits per heavy atom. The van der Waals surface area contributed by atoms with Crippen molar-refractivity contribution in [3.63, 3.8) is 0 Å². The molecule has 3 amide bonds. The molecule has 2 heterocycles. The summed E-state index contributed by atoms with van der Waals surface area (Å²) in [6.45, 7) is 0.107. The van der Waals surface area contributed by atoms with Crippen molar-refractivity contribution in [1.29, 1.82) is 0 Å². The minimum absolute atomic E-state index is 0.107. The molecule has 1 N–H and O–H groups in total. The summed E-state index contributed by atoms with van der Waals surface area (Å²) in [5.41, 5.74) is 6.32. The molecule has 0 saturated carbocycles. The van der Waals surface area contributed by atoms with Crippen LogP contribution in [0.2, 0.25) is 0 Å². The molecular formula is C33H23N3O5. The number of anilines is 1. The zero-order chi connectivity index (χ0) is 27.7. The van der Waals surface area contributed by atoms with Gasteiger partial charge < -0.3 is 9.47 Å². The molecular weight excluding hydrogens is 518 g/mol. The fourth-order valence-corrected chi connectivity index (χ4v) is 7.18. The van der Waals surface area contributed by atoms with Crippen LogP contribution < -0.4 is 19.8 Å². The maximum absolute atomic E-state index is 14.3. The average Bonchev–Trinajstić information content (AvgIpc) is 3.59. The fraction of sp³-hybridized carbons (Fsp3) is 0.152. The average molecular weight is 542 g/mol. The van der Waals surface area contributed by atoms with Crippen molar-refractivity contribution in [2.24, 2.45) is 16.9 Å². The molecule has 4 aromatic carbocycles. The van der Waals surface area contributed by atoms with Crippen LogP contribution in [0.3, 0.4) is 0 Å². The Hall–Kier alpha value is -5.24. The van der Waals surface area contributed by atoms with Crippen molar-refractivity contribution < 1.29 is 23.9 Å².